The molecule has 0 N–H and O–H groups in total. The molecule has 0 saturated carbocycles. The van der Waals surface area contributed by atoms with Crippen molar-refractivity contribution in [3.63, 3.8) is 0 Å². The summed E-state index contributed by atoms with van der Waals surface area (Å²) in [5.74, 6) is 0.785. The number of nitrogens with zero attached hydrogens (tertiary/aromatic N) is 2. The molecule has 35 heavy (non-hydrogen) atoms. The van der Waals surface area contributed by atoms with Crippen molar-refractivity contribution in [3.05, 3.63) is 95.4 Å². The third-order valence-corrected chi connectivity index (χ3v) is 5.95. The van der Waals surface area contributed by atoms with Gasteiger partial charge in [-0.3, -0.25) is 4.79 Å². The minimum Gasteiger partial charge on any atom is -0.488 e. The Hall–Kier alpha value is -3.97. The normalized spacial score (nSPS) is 13.8. The number of morpholine rings is 1. The van der Waals surface area contributed by atoms with E-state index in [4.69, 9.17) is 19.2 Å². The van der Waals surface area contributed by atoms with E-state index in [1.165, 1.54) is 12.1 Å². The standard InChI is InChI=1S/C28H25FN2O4/c1-19-26(17-34-23-9-5-8-22(15-23)31-12-13-33-18-27(31)32)30-25-11-10-21(29)14-24(25)28(19)35-16-20-6-3-2-4-7-20/h2-11,14-15H,12-13,16-18H2,1H3. The van der Waals surface area contributed by atoms with Gasteiger partial charge >= 0.3 is 0 Å². The van der Waals surface area contributed by atoms with Gasteiger partial charge in [0.2, 0.25) is 0 Å². The van der Waals surface area contributed by atoms with Crippen LogP contribution in [0.5, 0.6) is 11.5 Å². The first-order valence-corrected chi connectivity index (χ1v) is 11.4. The highest BCUT2D eigenvalue weighted by Gasteiger charge is 2.21. The second-order valence-electron chi connectivity index (χ2n) is 8.33. The van der Waals surface area contributed by atoms with Crippen LogP contribution in [-0.4, -0.2) is 30.6 Å². The van der Waals surface area contributed by atoms with Crippen LogP contribution >= 0.6 is 0 Å². The Kier molecular flexibility index (Phi) is 6.59. The third-order valence-electron chi connectivity index (χ3n) is 5.95. The summed E-state index contributed by atoms with van der Waals surface area (Å²) in [6, 6.07) is 21.7. The molecule has 3 aromatic carbocycles. The molecule has 1 saturated heterocycles. The molecule has 5 rings (SSSR count). The Morgan fingerprint density at radius 2 is 1.86 bits per heavy atom. The molecule has 7 heteroatoms. The number of hydrogen-bond donors (Lipinski definition) is 0. The van der Waals surface area contributed by atoms with Gasteiger partial charge in [0.1, 0.15) is 37.1 Å². The van der Waals surface area contributed by atoms with E-state index in [1.807, 2.05) is 61.5 Å². The summed E-state index contributed by atoms with van der Waals surface area (Å²) in [6.07, 6.45) is 0. The monoisotopic (exact) mass is 472 g/mol. The van der Waals surface area contributed by atoms with Gasteiger partial charge < -0.3 is 19.1 Å². The van der Waals surface area contributed by atoms with Crippen molar-refractivity contribution >= 4 is 22.5 Å². The highest BCUT2D eigenvalue weighted by molar-refractivity contribution is 5.95. The average Bonchev–Trinajstić information content (AvgIpc) is 2.88. The molecule has 0 unspecified atom stereocenters. The lowest BCUT2D eigenvalue weighted by atomic mass is 10.1. The van der Waals surface area contributed by atoms with Crippen molar-refractivity contribution in [1.82, 2.24) is 4.98 Å². The van der Waals surface area contributed by atoms with Crippen LogP contribution < -0.4 is 14.4 Å². The molecule has 2 heterocycles. The van der Waals surface area contributed by atoms with Crippen LogP contribution in [-0.2, 0) is 22.7 Å². The fraction of sp³-hybridized carbons (Fsp3) is 0.214. The molecule has 4 aromatic rings. The fourth-order valence-corrected chi connectivity index (χ4v) is 4.09. The van der Waals surface area contributed by atoms with Crippen LogP contribution in [0.4, 0.5) is 10.1 Å². The van der Waals surface area contributed by atoms with Crippen LogP contribution in [0.2, 0.25) is 0 Å². The van der Waals surface area contributed by atoms with Gasteiger partial charge in [-0.25, -0.2) is 9.37 Å². The minimum atomic E-state index is -0.346. The number of halogens is 1. The van der Waals surface area contributed by atoms with E-state index in [2.05, 4.69) is 0 Å². The van der Waals surface area contributed by atoms with E-state index in [-0.39, 0.29) is 24.9 Å². The molecule has 0 atom stereocenters. The second-order valence-corrected chi connectivity index (χ2v) is 8.33. The van der Waals surface area contributed by atoms with Gasteiger partial charge in [-0.15, -0.1) is 0 Å². The first-order chi connectivity index (χ1) is 17.1. The van der Waals surface area contributed by atoms with Crippen LogP contribution in [0, 0.1) is 12.7 Å². The number of carbonyl (C=O) groups excluding carboxylic acids is 1. The quantitative estimate of drug-likeness (QED) is 0.370. The number of pyridine rings is 1. The van der Waals surface area contributed by atoms with Crippen molar-refractivity contribution in [2.75, 3.05) is 24.7 Å². The lowest BCUT2D eigenvalue weighted by Gasteiger charge is -2.27. The highest BCUT2D eigenvalue weighted by Crippen LogP contribution is 2.32. The Morgan fingerprint density at radius 1 is 1.00 bits per heavy atom. The Morgan fingerprint density at radius 3 is 2.69 bits per heavy atom. The lowest BCUT2D eigenvalue weighted by molar-refractivity contribution is -0.125. The summed E-state index contributed by atoms with van der Waals surface area (Å²) in [5, 5.41) is 0.620. The summed E-state index contributed by atoms with van der Waals surface area (Å²) in [7, 11) is 0. The number of ether oxygens (including phenoxy) is 3. The average molecular weight is 473 g/mol. The molecule has 0 bridgehead atoms. The zero-order valence-corrected chi connectivity index (χ0v) is 19.4. The molecule has 0 spiro atoms. The molecule has 178 valence electrons. The molecule has 1 fully saturated rings. The smallest absolute Gasteiger partial charge is 0.253 e. The van der Waals surface area contributed by atoms with Gasteiger partial charge in [-0.05, 0) is 42.8 Å². The minimum absolute atomic E-state index is 0.0760. The van der Waals surface area contributed by atoms with Crippen molar-refractivity contribution in [2.24, 2.45) is 0 Å². The highest BCUT2D eigenvalue weighted by atomic mass is 19.1. The van der Waals surface area contributed by atoms with E-state index in [0.29, 0.717) is 47.9 Å². The molecule has 1 aliphatic rings. The number of rotatable bonds is 7. The maximum Gasteiger partial charge on any atom is 0.253 e. The maximum absolute atomic E-state index is 14.1. The number of fused-ring (bicyclic) bond motifs is 1. The van der Waals surface area contributed by atoms with E-state index < -0.39 is 0 Å². The van der Waals surface area contributed by atoms with Gasteiger partial charge in [0.25, 0.3) is 5.91 Å². The SMILES string of the molecule is Cc1c(COc2cccc(N3CCOCC3=O)c2)nc2ccc(F)cc2c1OCc1ccccc1. The number of amides is 1. The molecular formula is C28H25FN2O4. The fourth-order valence-electron chi connectivity index (χ4n) is 4.09. The van der Waals surface area contributed by atoms with E-state index in [0.717, 1.165) is 16.8 Å². The number of benzene rings is 3. The third kappa shape index (κ3) is 5.10. The van der Waals surface area contributed by atoms with Crippen LogP contribution in [0.3, 0.4) is 0 Å². The summed E-state index contributed by atoms with van der Waals surface area (Å²) < 4.78 is 31.5. The van der Waals surface area contributed by atoms with E-state index in [1.54, 1.807) is 11.0 Å². The predicted molar refractivity (Wildman–Crippen MR) is 131 cm³/mol. The summed E-state index contributed by atoms with van der Waals surface area (Å²) >= 11 is 0. The lowest BCUT2D eigenvalue weighted by Crippen LogP contribution is -2.41. The Bertz CT molecular complexity index is 1360. The molecule has 0 radical (unpaired) electrons. The van der Waals surface area contributed by atoms with E-state index >= 15 is 0 Å². The van der Waals surface area contributed by atoms with Crippen molar-refractivity contribution < 1.29 is 23.4 Å². The van der Waals surface area contributed by atoms with Crippen LogP contribution in [0.25, 0.3) is 10.9 Å². The maximum atomic E-state index is 14.1. The van der Waals surface area contributed by atoms with Gasteiger partial charge in [-0.2, -0.15) is 0 Å². The first kappa shape index (κ1) is 22.8. The molecule has 1 aliphatic heterocycles. The summed E-state index contributed by atoms with van der Waals surface area (Å²) in [6.45, 7) is 3.54. The molecular weight excluding hydrogens is 447 g/mol. The topological polar surface area (TPSA) is 60.9 Å². The van der Waals surface area contributed by atoms with Crippen molar-refractivity contribution in [3.8, 4) is 11.5 Å². The number of hydrogen-bond acceptors (Lipinski definition) is 5. The van der Waals surface area contributed by atoms with Crippen molar-refractivity contribution in [1.29, 1.82) is 0 Å². The van der Waals surface area contributed by atoms with Crippen molar-refractivity contribution in [2.45, 2.75) is 20.1 Å². The molecule has 6 nitrogen and oxygen atoms in total. The van der Waals surface area contributed by atoms with Gasteiger partial charge in [-0.1, -0.05) is 36.4 Å². The molecule has 0 aliphatic carbocycles. The number of carbonyl (C=O) groups is 1. The van der Waals surface area contributed by atoms with Crippen LogP contribution in [0.1, 0.15) is 16.8 Å². The first-order valence-electron chi connectivity index (χ1n) is 11.4. The van der Waals surface area contributed by atoms with Gasteiger partial charge in [0.15, 0.2) is 0 Å². The summed E-state index contributed by atoms with van der Waals surface area (Å²) in [4.78, 5) is 18.6. The molecule has 1 amide bonds. The predicted octanol–water partition coefficient (Wildman–Crippen LogP) is 5.20. The Labute approximate surface area is 202 Å². The van der Waals surface area contributed by atoms with Gasteiger partial charge in [0.05, 0.1) is 17.8 Å². The van der Waals surface area contributed by atoms with Gasteiger partial charge in [0, 0.05) is 29.2 Å². The van der Waals surface area contributed by atoms with Crippen LogP contribution in [0.15, 0.2) is 72.8 Å². The Balaban J connectivity index is 1.40. The summed E-state index contributed by atoms with van der Waals surface area (Å²) in [5.41, 5.74) is 3.90. The zero-order chi connectivity index (χ0) is 24.2. The number of aromatic nitrogens is 1. The largest absolute Gasteiger partial charge is 0.488 e. The molecule has 1 aromatic heterocycles. The van der Waals surface area contributed by atoms with E-state index in [9.17, 15) is 9.18 Å². The second kappa shape index (κ2) is 10.1. The zero-order valence-electron chi connectivity index (χ0n) is 19.4. The number of anilines is 1.